The zero-order chi connectivity index (χ0) is 11.1. The largest absolute Gasteiger partial charge is 0.300 e. The van der Waals surface area contributed by atoms with Crippen LogP contribution in [0.3, 0.4) is 0 Å². The van der Waals surface area contributed by atoms with E-state index in [9.17, 15) is 0 Å². The molecular weight excluding hydrogens is 262 g/mol. The molecule has 3 rings (SSSR count). The number of fused-ring (bicyclic) bond motifs is 2. The first kappa shape index (κ1) is 10.8. The minimum atomic E-state index is 0.784. The summed E-state index contributed by atoms with van der Waals surface area (Å²) < 4.78 is 1.22. The van der Waals surface area contributed by atoms with Crippen molar-refractivity contribution in [2.75, 3.05) is 7.05 Å². The van der Waals surface area contributed by atoms with Crippen molar-refractivity contribution in [2.45, 2.75) is 43.7 Å². The number of nitrogens with zero attached hydrogens (tertiary/aromatic N) is 1. The van der Waals surface area contributed by atoms with E-state index in [2.05, 4.69) is 52.1 Å². The summed E-state index contributed by atoms with van der Waals surface area (Å²) in [6.45, 7) is 0. The third-order valence-corrected chi connectivity index (χ3v) is 4.91. The molecule has 2 aliphatic heterocycles. The van der Waals surface area contributed by atoms with E-state index in [1.54, 1.807) is 0 Å². The van der Waals surface area contributed by atoms with Gasteiger partial charge in [-0.15, -0.1) is 0 Å². The minimum absolute atomic E-state index is 0.784. The molecule has 2 fully saturated rings. The van der Waals surface area contributed by atoms with Gasteiger partial charge in [0.25, 0.3) is 0 Å². The topological polar surface area (TPSA) is 3.24 Å². The van der Waals surface area contributed by atoms with Crippen molar-refractivity contribution in [2.24, 2.45) is 0 Å². The van der Waals surface area contributed by atoms with Gasteiger partial charge in [0.2, 0.25) is 0 Å². The van der Waals surface area contributed by atoms with Gasteiger partial charge in [0, 0.05) is 16.6 Å². The first-order valence-corrected chi connectivity index (χ1v) is 7.01. The fourth-order valence-electron chi connectivity index (χ4n) is 3.44. The Labute approximate surface area is 106 Å². The lowest BCUT2D eigenvalue weighted by Crippen LogP contribution is -2.39. The Balaban J connectivity index is 1.83. The van der Waals surface area contributed by atoms with Crippen LogP contribution in [0, 0.1) is 0 Å². The van der Waals surface area contributed by atoms with E-state index in [0.29, 0.717) is 0 Å². The Morgan fingerprint density at radius 3 is 2.50 bits per heavy atom. The Bertz CT molecular complexity index is 376. The first-order valence-electron chi connectivity index (χ1n) is 6.21. The molecule has 16 heavy (non-hydrogen) atoms. The summed E-state index contributed by atoms with van der Waals surface area (Å²) >= 11 is 3.58. The molecule has 86 valence electrons. The summed E-state index contributed by atoms with van der Waals surface area (Å²) in [6.07, 6.45) is 5.52. The predicted molar refractivity (Wildman–Crippen MR) is 70.7 cm³/mol. The molecule has 1 aromatic carbocycles. The van der Waals surface area contributed by atoms with Crippen molar-refractivity contribution in [1.29, 1.82) is 0 Å². The number of piperidine rings is 1. The van der Waals surface area contributed by atoms with Crippen LogP contribution in [0.15, 0.2) is 28.7 Å². The SMILES string of the molecule is CN1C2CCC1CC(c1cccc(Br)c1)C2. The van der Waals surface area contributed by atoms with Gasteiger partial charge in [-0.2, -0.15) is 0 Å². The van der Waals surface area contributed by atoms with Crippen LogP contribution >= 0.6 is 15.9 Å². The summed E-state index contributed by atoms with van der Waals surface area (Å²) in [5.74, 6) is 0.784. The molecule has 0 aromatic heterocycles. The maximum atomic E-state index is 3.58. The van der Waals surface area contributed by atoms with E-state index in [-0.39, 0.29) is 0 Å². The first-order chi connectivity index (χ1) is 7.74. The van der Waals surface area contributed by atoms with Gasteiger partial charge in [-0.05, 0) is 56.3 Å². The van der Waals surface area contributed by atoms with Gasteiger partial charge in [0.15, 0.2) is 0 Å². The van der Waals surface area contributed by atoms with Crippen molar-refractivity contribution < 1.29 is 0 Å². The predicted octanol–water partition coefficient (Wildman–Crippen LogP) is 3.79. The maximum absolute atomic E-state index is 3.58. The standard InChI is InChI=1S/C14H18BrN/c1-16-13-5-6-14(16)9-11(8-13)10-3-2-4-12(15)7-10/h2-4,7,11,13-14H,5-6,8-9H2,1H3. The molecule has 0 saturated carbocycles. The lowest BCUT2D eigenvalue weighted by atomic mass is 9.85. The number of halogens is 1. The van der Waals surface area contributed by atoms with E-state index >= 15 is 0 Å². The highest BCUT2D eigenvalue weighted by Gasteiger charge is 2.38. The van der Waals surface area contributed by atoms with Crippen LogP contribution < -0.4 is 0 Å². The third kappa shape index (κ3) is 1.82. The van der Waals surface area contributed by atoms with Crippen molar-refractivity contribution >= 4 is 15.9 Å². The highest BCUT2D eigenvalue weighted by atomic mass is 79.9. The molecule has 2 heteroatoms. The molecule has 2 bridgehead atoms. The maximum Gasteiger partial charge on any atom is 0.0178 e. The summed E-state index contributed by atoms with van der Waals surface area (Å²) in [6, 6.07) is 10.5. The average Bonchev–Trinajstić information content (AvgIpc) is 2.53. The summed E-state index contributed by atoms with van der Waals surface area (Å²) in [7, 11) is 2.31. The molecule has 1 nitrogen and oxygen atoms in total. The van der Waals surface area contributed by atoms with Gasteiger partial charge < -0.3 is 4.90 Å². The highest BCUT2D eigenvalue weighted by molar-refractivity contribution is 9.10. The van der Waals surface area contributed by atoms with E-state index < -0.39 is 0 Å². The van der Waals surface area contributed by atoms with Gasteiger partial charge in [-0.1, -0.05) is 28.1 Å². The van der Waals surface area contributed by atoms with Crippen LogP contribution in [0.25, 0.3) is 0 Å². The number of hydrogen-bond acceptors (Lipinski definition) is 1. The molecule has 0 spiro atoms. The van der Waals surface area contributed by atoms with E-state index in [0.717, 1.165) is 18.0 Å². The van der Waals surface area contributed by atoms with Crippen LogP contribution in [-0.2, 0) is 0 Å². The minimum Gasteiger partial charge on any atom is -0.300 e. The second-order valence-electron chi connectivity index (χ2n) is 5.27. The molecular formula is C14H18BrN. The Kier molecular flexibility index (Phi) is 2.80. The van der Waals surface area contributed by atoms with Crippen LogP contribution in [0.5, 0.6) is 0 Å². The second-order valence-corrected chi connectivity index (χ2v) is 6.19. The molecule has 0 radical (unpaired) electrons. The lowest BCUT2D eigenvalue weighted by molar-refractivity contribution is 0.161. The van der Waals surface area contributed by atoms with Gasteiger partial charge in [-0.3, -0.25) is 0 Å². The van der Waals surface area contributed by atoms with Gasteiger partial charge >= 0.3 is 0 Å². The lowest BCUT2D eigenvalue weighted by Gasteiger charge is -2.36. The van der Waals surface area contributed by atoms with Crippen molar-refractivity contribution in [1.82, 2.24) is 4.90 Å². The second kappa shape index (κ2) is 4.15. The summed E-state index contributed by atoms with van der Waals surface area (Å²) in [5.41, 5.74) is 1.53. The van der Waals surface area contributed by atoms with E-state index in [1.807, 2.05) is 0 Å². The highest BCUT2D eigenvalue weighted by Crippen LogP contribution is 2.42. The normalized spacial score (nSPS) is 34.2. The Morgan fingerprint density at radius 2 is 1.88 bits per heavy atom. The van der Waals surface area contributed by atoms with Crippen molar-refractivity contribution in [3.63, 3.8) is 0 Å². The van der Waals surface area contributed by atoms with Gasteiger partial charge in [0.05, 0.1) is 0 Å². The zero-order valence-electron chi connectivity index (χ0n) is 9.70. The number of benzene rings is 1. The average molecular weight is 280 g/mol. The molecule has 2 atom stereocenters. The number of rotatable bonds is 1. The monoisotopic (exact) mass is 279 g/mol. The van der Waals surface area contributed by atoms with Crippen molar-refractivity contribution in [3.8, 4) is 0 Å². The van der Waals surface area contributed by atoms with Crippen LogP contribution in [-0.4, -0.2) is 24.0 Å². The number of hydrogen-bond donors (Lipinski definition) is 0. The molecule has 2 saturated heterocycles. The van der Waals surface area contributed by atoms with E-state index in [4.69, 9.17) is 0 Å². The molecule has 0 N–H and O–H groups in total. The molecule has 0 aliphatic carbocycles. The molecule has 2 unspecified atom stereocenters. The van der Waals surface area contributed by atoms with Crippen molar-refractivity contribution in [3.05, 3.63) is 34.3 Å². The molecule has 0 amide bonds. The zero-order valence-corrected chi connectivity index (χ0v) is 11.3. The Morgan fingerprint density at radius 1 is 1.19 bits per heavy atom. The van der Waals surface area contributed by atoms with Crippen LogP contribution in [0.2, 0.25) is 0 Å². The summed E-state index contributed by atoms with van der Waals surface area (Å²) in [5, 5.41) is 0. The third-order valence-electron chi connectivity index (χ3n) is 4.42. The quantitative estimate of drug-likeness (QED) is 0.756. The fraction of sp³-hybridized carbons (Fsp3) is 0.571. The molecule has 1 aromatic rings. The van der Waals surface area contributed by atoms with Crippen LogP contribution in [0.1, 0.15) is 37.2 Å². The molecule has 2 aliphatic rings. The Hall–Kier alpha value is -0.340. The molecule has 2 heterocycles. The van der Waals surface area contributed by atoms with Gasteiger partial charge in [0.1, 0.15) is 0 Å². The van der Waals surface area contributed by atoms with E-state index in [1.165, 1.54) is 35.7 Å². The fourth-order valence-corrected chi connectivity index (χ4v) is 3.86. The van der Waals surface area contributed by atoms with Gasteiger partial charge in [-0.25, -0.2) is 0 Å². The van der Waals surface area contributed by atoms with Crippen LogP contribution in [0.4, 0.5) is 0 Å². The smallest absolute Gasteiger partial charge is 0.0178 e. The summed E-state index contributed by atoms with van der Waals surface area (Å²) in [4.78, 5) is 2.61.